The van der Waals surface area contributed by atoms with Gasteiger partial charge in [-0.15, -0.1) is 0 Å². The number of hydrazone groups is 1. The average molecular weight is 378 g/mol. The zero-order valence-corrected chi connectivity index (χ0v) is 13.9. The van der Waals surface area contributed by atoms with Gasteiger partial charge in [0, 0.05) is 17.5 Å². The van der Waals surface area contributed by atoms with Gasteiger partial charge in [0.2, 0.25) is 0 Å². The second-order valence-corrected chi connectivity index (χ2v) is 5.78. The Morgan fingerprint density at radius 1 is 1.16 bits per heavy atom. The van der Waals surface area contributed by atoms with Crippen LogP contribution in [0.1, 0.15) is 16.1 Å². The Hall–Kier alpha value is -2.90. The van der Waals surface area contributed by atoms with Gasteiger partial charge in [-0.3, -0.25) is 14.9 Å². The molecule has 3 rings (SSSR count). The van der Waals surface area contributed by atoms with Gasteiger partial charge in [0.1, 0.15) is 5.58 Å². The summed E-state index contributed by atoms with van der Waals surface area (Å²) in [4.78, 5) is 22.3. The van der Waals surface area contributed by atoms with E-state index >= 15 is 0 Å². The van der Waals surface area contributed by atoms with E-state index in [9.17, 15) is 14.9 Å². The second-order valence-electron chi connectivity index (χ2n) is 4.96. The topological polar surface area (TPSA) is 97.7 Å². The number of carbonyl (C=O) groups excluding carboxylic acids is 1. The lowest BCUT2D eigenvalue weighted by molar-refractivity contribution is -0.384. The first-order valence-electron chi connectivity index (χ1n) is 6.90. The van der Waals surface area contributed by atoms with Gasteiger partial charge in [0.15, 0.2) is 5.76 Å². The van der Waals surface area contributed by atoms with Crippen molar-refractivity contribution >= 4 is 52.0 Å². The van der Waals surface area contributed by atoms with Crippen molar-refractivity contribution in [3.63, 3.8) is 0 Å². The fourth-order valence-electron chi connectivity index (χ4n) is 2.07. The monoisotopic (exact) mass is 377 g/mol. The number of fused-ring (bicyclic) bond motifs is 1. The fraction of sp³-hybridized carbons (Fsp3) is 0. The highest BCUT2D eigenvalue weighted by Gasteiger charge is 2.14. The number of hydrogen-bond acceptors (Lipinski definition) is 5. The van der Waals surface area contributed by atoms with Crippen LogP contribution in [-0.4, -0.2) is 17.0 Å². The van der Waals surface area contributed by atoms with Crippen molar-refractivity contribution in [3.05, 3.63) is 73.9 Å². The van der Waals surface area contributed by atoms with Crippen LogP contribution in [-0.2, 0) is 0 Å². The van der Waals surface area contributed by atoms with Crippen LogP contribution >= 0.6 is 23.2 Å². The van der Waals surface area contributed by atoms with E-state index in [1.807, 2.05) is 0 Å². The Kier molecular flexibility index (Phi) is 4.69. The minimum atomic E-state index is -0.588. The van der Waals surface area contributed by atoms with Crippen LogP contribution in [0.2, 0.25) is 10.0 Å². The van der Waals surface area contributed by atoms with Crippen LogP contribution in [0.3, 0.4) is 0 Å². The minimum absolute atomic E-state index is 0.0122. The first kappa shape index (κ1) is 16.9. The summed E-state index contributed by atoms with van der Waals surface area (Å²) in [5, 5.41) is 15.8. The summed E-state index contributed by atoms with van der Waals surface area (Å²) in [7, 11) is 0. The Morgan fingerprint density at radius 2 is 1.96 bits per heavy atom. The van der Waals surface area contributed by atoms with Crippen molar-refractivity contribution in [2.24, 2.45) is 5.10 Å². The molecule has 0 aliphatic carbocycles. The number of nitrogens with zero attached hydrogens (tertiary/aromatic N) is 2. The predicted molar refractivity (Wildman–Crippen MR) is 94.4 cm³/mol. The minimum Gasteiger partial charge on any atom is -0.451 e. The number of hydrogen-bond donors (Lipinski definition) is 1. The van der Waals surface area contributed by atoms with Gasteiger partial charge in [0.25, 0.3) is 5.69 Å². The summed E-state index contributed by atoms with van der Waals surface area (Å²) in [6.07, 6.45) is 1.40. The van der Waals surface area contributed by atoms with E-state index in [2.05, 4.69) is 10.5 Å². The number of furan rings is 1. The van der Waals surface area contributed by atoms with E-state index < -0.39 is 10.8 Å². The van der Waals surface area contributed by atoms with Gasteiger partial charge in [-0.1, -0.05) is 29.3 Å². The van der Waals surface area contributed by atoms with Crippen LogP contribution in [0.25, 0.3) is 11.0 Å². The third-order valence-corrected chi connectivity index (χ3v) is 4.00. The van der Waals surface area contributed by atoms with Gasteiger partial charge in [-0.25, -0.2) is 5.43 Å². The van der Waals surface area contributed by atoms with Gasteiger partial charge < -0.3 is 4.42 Å². The molecule has 0 fully saturated rings. The maximum Gasteiger partial charge on any atom is 0.307 e. The second kappa shape index (κ2) is 6.92. The zero-order chi connectivity index (χ0) is 18.0. The smallest absolute Gasteiger partial charge is 0.307 e. The fourth-order valence-corrected chi connectivity index (χ4v) is 2.38. The molecule has 0 unspecified atom stereocenters. The van der Waals surface area contributed by atoms with Crippen molar-refractivity contribution in [2.45, 2.75) is 0 Å². The first-order valence-corrected chi connectivity index (χ1v) is 7.66. The lowest BCUT2D eigenvalue weighted by atomic mass is 10.2. The molecule has 0 aliphatic heterocycles. The summed E-state index contributed by atoms with van der Waals surface area (Å²) in [5.74, 6) is -0.600. The molecule has 0 bridgehead atoms. The lowest BCUT2D eigenvalue weighted by Gasteiger charge is -1.98. The number of benzene rings is 2. The molecule has 126 valence electrons. The lowest BCUT2D eigenvalue weighted by Crippen LogP contribution is -2.16. The number of nitro groups is 1. The van der Waals surface area contributed by atoms with Crippen LogP contribution in [0, 0.1) is 10.1 Å². The molecule has 25 heavy (non-hydrogen) atoms. The number of non-ortho nitro benzene ring substituents is 1. The summed E-state index contributed by atoms with van der Waals surface area (Å²) in [6, 6.07) is 10.4. The molecule has 0 spiro atoms. The van der Waals surface area contributed by atoms with Gasteiger partial charge in [-0.05, 0) is 29.8 Å². The first-order chi connectivity index (χ1) is 11.9. The Morgan fingerprint density at radius 3 is 2.68 bits per heavy atom. The van der Waals surface area contributed by atoms with E-state index in [4.69, 9.17) is 27.6 Å². The highest BCUT2D eigenvalue weighted by molar-refractivity contribution is 6.42. The summed E-state index contributed by atoms with van der Waals surface area (Å²) < 4.78 is 5.36. The average Bonchev–Trinajstić information content (AvgIpc) is 3.01. The van der Waals surface area contributed by atoms with Crippen molar-refractivity contribution in [3.8, 4) is 0 Å². The number of carbonyl (C=O) groups is 1. The highest BCUT2D eigenvalue weighted by atomic mass is 35.5. The van der Waals surface area contributed by atoms with Crippen molar-refractivity contribution in [1.82, 2.24) is 5.43 Å². The van der Waals surface area contributed by atoms with E-state index in [1.54, 1.807) is 18.2 Å². The van der Waals surface area contributed by atoms with Crippen molar-refractivity contribution in [1.29, 1.82) is 0 Å². The molecule has 1 amide bonds. The molecule has 0 aliphatic rings. The van der Waals surface area contributed by atoms with Crippen LogP contribution in [0.5, 0.6) is 0 Å². The van der Waals surface area contributed by atoms with E-state index in [-0.39, 0.29) is 11.4 Å². The maximum absolute atomic E-state index is 12.0. The summed E-state index contributed by atoms with van der Waals surface area (Å²) >= 11 is 11.7. The Bertz CT molecular complexity index is 1010. The van der Waals surface area contributed by atoms with Crippen molar-refractivity contribution < 1.29 is 14.1 Å². The molecular weight excluding hydrogens is 369 g/mol. The molecule has 2 aromatic carbocycles. The number of nitro benzene ring substituents is 1. The zero-order valence-electron chi connectivity index (χ0n) is 12.4. The molecule has 0 saturated carbocycles. The van der Waals surface area contributed by atoms with E-state index in [1.165, 1.54) is 30.5 Å². The SMILES string of the molecule is O=C(N/N=C/c1ccc(Cl)c(Cl)c1)c1cc2cc([N+](=O)[O-])ccc2o1. The molecular formula is C16H9Cl2N3O4. The normalized spacial score (nSPS) is 11.1. The maximum atomic E-state index is 12.0. The molecule has 7 nitrogen and oxygen atoms in total. The van der Waals surface area contributed by atoms with Crippen LogP contribution in [0.4, 0.5) is 5.69 Å². The third-order valence-electron chi connectivity index (χ3n) is 3.26. The van der Waals surface area contributed by atoms with E-state index in [0.717, 1.165) is 0 Å². The Balaban J connectivity index is 1.74. The molecule has 0 saturated heterocycles. The molecule has 0 atom stereocenters. The molecule has 3 aromatic rings. The summed E-state index contributed by atoms with van der Waals surface area (Å²) in [6.45, 7) is 0. The summed E-state index contributed by atoms with van der Waals surface area (Å²) in [5.41, 5.74) is 3.23. The Labute approximate surface area is 151 Å². The van der Waals surface area contributed by atoms with Crippen molar-refractivity contribution in [2.75, 3.05) is 0 Å². The largest absolute Gasteiger partial charge is 0.451 e. The van der Waals surface area contributed by atoms with Gasteiger partial charge >= 0.3 is 5.91 Å². The molecule has 1 heterocycles. The van der Waals surface area contributed by atoms with Gasteiger partial charge in [0.05, 0.1) is 21.2 Å². The molecule has 9 heteroatoms. The number of halogens is 2. The number of rotatable bonds is 4. The molecule has 1 aromatic heterocycles. The van der Waals surface area contributed by atoms with Gasteiger partial charge in [-0.2, -0.15) is 5.10 Å². The third kappa shape index (κ3) is 3.78. The van der Waals surface area contributed by atoms with Crippen LogP contribution < -0.4 is 5.43 Å². The molecule has 0 radical (unpaired) electrons. The predicted octanol–water partition coefficient (Wildman–Crippen LogP) is 4.41. The van der Waals surface area contributed by atoms with Crippen LogP contribution in [0.15, 0.2) is 52.0 Å². The quantitative estimate of drug-likeness (QED) is 0.413. The van der Waals surface area contributed by atoms with E-state index in [0.29, 0.717) is 26.6 Å². The molecule has 1 N–H and O–H groups in total. The highest BCUT2D eigenvalue weighted by Crippen LogP contribution is 2.24. The standard InChI is InChI=1S/C16H9Cl2N3O4/c17-12-3-1-9(5-13(12)18)8-19-20-16(22)15-7-10-6-11(21(23)24)2-4-14(10)25-15/h1-8H,(H,20,22)/b19-8+. The number of nitrogens with one attached hydrogen (secondary N) is 1. The number of amides is 1.